The average Bonchev–Trinajstić information content (AvgIpc) is 3.12. The third kappa shape index (κ3) is 4.66. The van der Waals surface area contributed by atoms with E-state index in [2.05, 4.69) is 36.1 Å². The maximum atomic E-state index is 13.2. The molecule has 0 atom stereocenters. The molecule has 0 saturated carbocycles. The van der Waals surface area contributed by atoms with Gasteiger partial charge in [-0.1, -0.05) is 49.4 Å². The van der Waals surface area contributed by atoms with Gasteiger partial charge >= 0.3 is 0 Å². The summed E-state index contributed by atoms with van der Waals surface area (Å²) < 4.78 is 25.1. The zero-order valence-electron chi connectivity index (χ0n) is 14.8. The fourth-order valence-electron chi connectivity index (χ4n) is 3.34. The average molecular weight is 343 g/mol. The molecule has 0 radical (unpaired) electrons. The summed E-state index contributed by atoms with van der Waals surface area (Å²) in [6.07, 6.45) is 1.72. The van der Waals surface area contributed by atoms with Gasteiger partial charge in [0.2, 0.25) is 0 Å². The van der Waals surface area contributed by atoms with Crippen LogP contribution in [0.25, 0.3) is 0 Å². The summed E-state index contributed by atoms with van der Waals surface area (Å²) in [4.78, 5) is 2.42. The van der Waals surface area contributed by atoms with Gasteiger partial charge in [0.15, 0.2) is 5.79 Å². The first-order valence-electron chi connectivity index (χ1n) is 9.02. The highest BCUT2D eigenvalue weighted by atomic mass is 19.1. The van der Waals surface area contributed by atoms with Crippen molar-refractivity contribution in [3.8, 4) is 0 Å². The van der Waals surface area contributed by atoms with Crippen LogP contribution in [0.15, 0.2) is 54.6 Å². The Balaban J connectivity index is 1.59. The van der Waals surface area contributed by atoms with E-state index in [1.165, 1.54) is 17.7 Å². The van der Waals surface area contributed by atoms with Gasteiger partial charge in [0, 0.05) is 18.5 Å². The molecule has 4 heteroatoms. The molecule has 25 heavy (non-hydrogen) atoms. The van der Waals surface area contributed by atoms with E-state index in [9.17, 15) is 4.39 Å². The van der Waals surface area contributed by atoms with Crippen molar-refractivity contribution in [3.05, 3.63) is 71.5 Å². The van der Waals surface area contributed by atoms with Gasteiger partial charge in [-0.2, -0.15) is 0 Å². The van der Waals surface area contributed by atoms with Gasteiger partial charge in [-0.15, -0.1) is 0 Å². The Morgan fingerprint density at radius 2 is 1.68 bits per heavy atom. The van der Waals surface area contributed by atoms with Crippen LogP contribution in [-0.2, 0) is 21.8 Å². The standard InChI is InChI=1S/C21H26FNO2/c1-2-23(17-18-7-4-3-5-8-18)14-6-13-21(24-15-16-25-21)19-9-11-20(22)12-10-19/h3-5,7-12H,2,6,13-17H2,1H3. The second-order valence-corrected chi connectivity index (χ2v) is 6.41. The Hall–Kier alpha value is -1.75. The fraction of sp³-hybridized carbons (Fsp3) is 0.429. The van der Waals surface area contributed by atoms with Gasteiger partial charge in [0.1, 0.15) is 5.82 Å². The second kappa shape index (κ2) is 8.56. The Morgan fingerprint density at radius 3 is 2.32 bits per heavy atom. The summed E-state index contributed by atoms with van der Waals surface area (Å²) >= 11 is 0. The van der Waals surface area contributed by atoms with Crippen molar-refractivity contribution >= 4 is 0 Å². The number of hydrogen-bond donors (Lipinski definition) is 0. The molecule has 0 unspecified atom stereocenters. The fourth-order valence-corrected chi connectivity index (χ4v) is 3.34. The van der Waals surface area contributed by atoms with Gasteiger partial charge in [-0.3, -0.25) is 4.90 Å². The monoisotopic (exact) mass is 343 g/mol. The molecule has 0 aliphatic carbocycles. The van der Waals surface area contributed by atoms with E-state index in [-0.39, 0.29) is 5.82 Å². The van der Waals surface area contributed by atoms with Crippen molar-refractivity contribution in [1.82, 2.24) is 4.90 Å². The van der Waals surface area contributed by atoms with Crippen molar-refractivity contribution < 1.29 is 13.9 Å². The predicted octanol–water partition coefficient (Wildman–Crippen LogP) is 4.33. The summed E-state index contributed by atoms with van der Waals surface area (Å²) in [5.74, 6) is -0.961. The first-order valence-corrected chi connectivity index (χ1v) is 9.02. The summed E-state index contributed by atoms with van der Waals surface area (Å²) in [5, 5.41) is 0. The van der Waals surface area contributed by atoms with Crippen molar-refractivity contribution in [1.29, 1.82) is 0 Å². The van der Waals surface area contributed by atoms with Crippen molar-refractivity contribution in [3.63, 3.8) is 0 Å². The molecule has 0 amide bonds. The van der Waals surface area contributed by atoms with Crippen LogP contribution in [0, 0.1) is 5.82 Å². The van der Waals surface area contributed by atoms with E-state index in [0.29, 0.717) is 13.2 Å². The van der Waals surface area contributed by atoms with Crippen LogP contribution in [0.4, 0.5) is 4.39 Å². The van der Waals surface area contributed by atoms with Gasteiger partial charge in [-0.05, 0) is 37.2 Å². The lowest BCUT2D eigenvalue weighted by Gasteiger charge is -2.29. The van der Waals surface area contributed by atoms with Crippen LogP contribution < -0.4 is 0 Å². The van der Waals surface area contributed by atoms with Crippen LogP contribution >= 0.6 is 0 Å². The number of halogens is 1. The highest BCUT2D eigenvalue weighted by Crippen LogP contribution is 2.36. The Kier molecular flexibility index (Phi) is 6.19. The van der Waals surface area contributed by atoms with Gasteiger partial charge in [0.05, 0.1) is 13.2 Å². The third-order valence-corrected chi connectivity index (χ3v) is 4.71. The van der Waals surface area contributed by atoms with E-state index in [1.807, 2.05) is 6.07 Å². The lowest BCUT2D eigenvalue weighted by molar-refractivity contribution is -0.172. The molecule has 1 heterocycles. The van der Waals surface area contributed by atoms with Crippen LogP contribution in [0.1, 0.15) is 30.9 Å². The minimum absolute atomic E-state index is 0.239. The van der Waals surface area contributed by atoms with Crippen molar-refractivity contribution in [2.45, 2.75) is 32.1 Å². The quantitative estimate of drug-likeness (QED) is 0.712. The molecule has 3 nitrogen and oxygen atoms in total. The maximum Gasteiger partial charge on any atom is 0.195 e. The third-order valence-electron chi connectivity index (χ3n) is 4.71. The normalized spacial score (nSPS) is 16.4. The van der Waals surface area contributed by atoms with Crippen molar-refractivity contribution in [2.24, 2.45) is 0 Å². The topological polar surface area (TPSA) is 21.7 Å². The summed E-state index contributed by atoms with van der Waals surface area (Å²) in [7, 11) is 0. The molecule has 1 fully saturated rings. The molecule has 2 aromatic carbocycles. The lowest BCUT2D eigenvalue weighted by atomic mass is 10.00. The molecule has 2 aromatic rings. The molecule has 0 bridgehead atoms. The zero-order valence-corrected chi connectivity index (χ0v) is 14.8. The summed E-state index contributed by atoms with van der Waals surface area (Å²) in [5.41, 5.74) is 2.23. The molecular weight excluding hydrogens is 317 g/mol. The highest BCUT2D eigenvalue weighted by Gasteiger charge is 2.38. The molecule has 1 saturated heterocycles. The largest absolute Gasteiger partial charge is 0.343 e. The first kappa shape index (κ1) is 18.1. The predicted molar refractivity (Wildman–Crippen MR) is 96.6 cm³/mol. The summed E-state index contributed by atoms with van der Waals surface area (Å²) in [6, 6.07) is 17.0. The number of rotatable bonds is 8. The van der Waals surface area contributed by atoms with E-state index in [1.54, 1.807) is 12.1 Å². The number of nitrogens with zero attached hydrogens (tertiary/aromatic N) is 1. The lowest BCUT2D eigenvalue weighted by Crippen LogP contribution is -2.30. The number of hydrogen-bond acceptors (Lipinski definition) is 3. The van der Waals surface area contributed by atoms with E-state index in [0.717, 1.165) is 38.0 Å². The SMILES string of the molecule is CCN(CCCC1(c2ccc(F)cc2)OCCO1)Cc1ccccc1. The zero-order chi connectivity index (χ0) is 17.5. The van der Waals surface area contributed by atoms with E-state index >= 15 is 0 Å². The highest BCUT2D eigenvalue weighted by molar-refractivity contribution is 5.22. The first-order chi connectivity index (χ1) is 12.2. The van der Waals surface area contributed by atoms with Gasteiger partial charge < -0.3 is 9.47 Å². The van der Waals surface area contributed by atoms with Crippen LogP contribution in [0.5, 0.6) is 0 Å². The van der Waals surface area contributed by atoms with E-state index < -0.39 is 5.79 Å². The Morgan fingerprint density at radius 1 is 1.00 bits per heavy atom. The summed E-state index contributed by atoms with van der Waals surface area (Å²) in [6.45, 7) is 6.27. The maximum absolute atomic E-state index is 13.2. The van der Waals surface area contributed by atoms with Crippen LogP contribution in [-0.4, -0.2) is 31.2 Å². The Bertz CT molecular complexity index is 639. The molecule has 1 aliphatic rings. The minimum atomic E-state index is -0.722. The molecule has 134 valence electrons. The molecular formula is C21H26FNO2. The van der Waals surface area contributed by atoms with Gasteiger partial charge in [0.25, 0.3) is 0 Å². The second-order valence-electron chi connectivity index (χ2n) is 6.41. The Labute approximate surface area is 149 Å². The smallest absolute Gasteiger partial charge is 0.195 e. The van der Waals surface area contributed by atoms with Crippen LogP contribution in [0.3, 0.4) is 0 Å². The molecule has 0 N–H and O–H groups in total. The van der Waals surface area contributed by atoms with Crippen LogP contribution in [0.2, 0.25) is 0 Å². The van der Waals surface area contributed by atoms with E-state index in [4.69, 9.17) is 9.47 Å². The number of ether oxygens (including phenoxy) is 2. The molecule has 0 aromatic heterocycles. The number of benzene rings is 2. The molecule has 1 aliphatic heterocycles. The van der Waals surface area contributed by atoms with Gasteiger partial charge in [-0.25, -0.2) is 4.39 Å². The molecule has 0 spiro atoms. The molecule has 3 rings (SSSR count). The van der Waals surface area contributed by atoms with Crippen molar-refractivity contribution in [2.75, 3.05) is 26.3 Å². The minimum Gasteiger partial charge on any atom is -0.343 e.